The number of aromatic nitrogens is 2. The van der Waals surface area contributed by atoms with E-state index in [4.69, 9.17) is 4.74 Å². The summed E-state index contributed by atoms with van der Waals surface area (Å²) in [6.45, 7) is 3.50. The number of carbonyl (C=O) groups is 1. The van der Waals surface area contributed by atoms with Crippen LogP contribution in [0.4, 0.5) is 23.8 Å². The number of likely N-dealkylation sites (tertiary alicyclic amines) is 1. The van der Waals surface area contributed by atoms with Gasteiger partial charge in [0.05, 0.1) is 12.1 Å². The molecule has 2 fully saturated rings. The summed E-state index contributed by atoms with van der Waals surface area (Å²) in [4.78, 5) is 14.2. The van der Waals surface area contributed by atoms with Gasteiger partial charge in [-0.15, -0.1) is 0 Å². The maximum Gasteiger partial charge on any atom is 0.392 e. The first-order chi connectivity index (χ1) is 12.4. The molecule has 0 aromatic carbocycles. The van der Waals surface area contributed by atoms with Crippen LogP contribution in [0, 0.1) is 11.3 Å². The fourth-order valence-corrected chi connectivity index (χ4v) is 4.15. The molecule has 2 amide bonds. The van der Waals surface area contributed by atoms with Crippen molar-refractivity contribution in [3.63, 3.8) is 0 Å². The van der Waals surface area contributed by atoms with Crippen LogP contribution in [0.3, 0.4) is 0 Å². The lowest BCUT2D eigenvalue weighted by Crippen LogP contribution is -2.57. The molecule has 3 heterocycles. The highest BCUT2D eigenvalue weighted by molar-refractivity contribution is 5.88. The molecule has 2 aliphatic heterocycles. The maximum absolute atomic E-state index is 13.6. The Morgan fingerprint density at radius 3 is 2.81 bits per heavy atom. The van der Waals surface area contributed by atoms with Gasteiger partial charge < -0.3 is 9.64 Å². The number of carbonyl (C=O) groups excluding carboxylic acids is 1. The highest BCUT2D eigenvalue weighted by Crippen LogP contribution is 2.50. The van der Waals surface area contributed by atoms with Gasteiger partial charge in [-0.1, -0.05) is 6.92 Å². The first-order valence-corrected chi connectivity index (χ1v) is 9.08. The van der Waals surface area contributed by atoms with Crippen molar-refractivity contribution >= 4 is 11.8 Å². The number of nitrogens with zero attached hydrogens (tertiary/aromatic N) is 3. The molecule has 0 aliphatic carbocycles. The summed E-state index contributed by atoms with van der Waals surface area (Å²) < 4.78 is 47.7. The van der Waals surface area contributed by atoms with E-state index in [-0.39, 0.29) is 25.5 Å². The number of hydrogen-bond donors (Lipinski definition) is 1. The van der Waals surface area contributed by atoms with E-state index in [1.165, 1.54) is 4.90 Å². The minimum Gasteiger partial charge on any atom is -0.381 e. The van der Waals surface area contributed by atoms with E-state index >= 15 is 0 Å². The van der Waals surface area contributed by atoms with E-state index in [0.717, 1.165) is 6.42 Å². The monoisotopic (exact) mass is 374 g/mol. The molecule has 1 unspecified atom stereocenters. The standard InChI is InChI=1S/C17H25F3N4O2/c1-2-8-24-14(3-7-21-24)22-15(25)23-9-4-13(17(18,19)20)16(12-23)5-10-26-11-6-16/h3,7,13H,2,4-6,8-12H2,1H3,(H,22,25). The molecule has 1 N–H and O–H groups in total. The SMILES string of the molecule is CCCn1nccc1NC(=O)N1CCC(C(F)(F)F)C2(CCOCC2)C1. The Kier molecular flexibility index (Phi) is 5.45. The Bertz CT molecular complexity index is 626. The number of anilines is 1. The molecule has 2 aliphatic rings. The van der Waals surface area contributed by atoms with Crippen molar-refractivity contribution in [2.24, 2.45) is 11.3 Å². The fraction of sp³-hybridized carbons (Fsp3) is 0.765. The van der Waals surface area contributed by atoms with Crippen molar-refractivity contribution in [3.8, 4) is 0 Å². The third-order valence-corrected chi connectivity index (χ3v) is 5.49. The molecule has 0 saturated carbocycles. The van der Waals surface area contributed by atoms with Gasteiger partial charge in [-0.2, -0.15) is 18.3 Å². The number of aryl methyl sites for hydroxylation is 1. The van der Waals surface area contributed by atoms with E-state index in [9.17, 15) is 18.0 Å². The summed E-state index contributed by atoms with van der Waals surface area (Å²) in [7, 11) is 0. The average molecular weight is 374 g/mol. The molecule has 2 saturated heterocycles. The summed E-state index contributed by atoms with van der Waals surface area (Å²) >= 11 is 0. The zero-order valence-corrected chi connectivity index (χ0v) is 14.9. The molecule has 3 rings (SSSR count). The summed E-state index contributed by atoms with van der Waals surface area (Å²) in [5.74, 6) is -0.815. The van der Waals surface area contributed by atoms with Gasteiger partial charge in [0.15, 0.2) is 0 Å². The van der Waals surface area contributed by atoms with E-state index in [1.54, 1.807) is 16.9 Å². The van der Waals surface area contributed by atoms with Gasteiger partial charge in [0, 0.05) is 44.3 Å². The number of amides is 2. The van der Waals surface area contributed by atoms with Crippen LogP contribution in [0.2, 0.25) is 0 Å². The number of alkyl halides is 3. The van der Waals surface area contributed by atoms with Crippen molar-refractivity contribution in [1.29, 1.82) is 0 Å². The summed E-state index contributed by atoms with van der Waals surface area (Å²) in [5.41, 5.74) is -0.949. The molecule has 1 aromatic heterocycles. The minimum absolute atomic E-state index is 0.0643. The normalized spacial score (nSPS) is 23.2. The minimum atomic E-state index is -4.25. The predicted molar refractivity (Wildman–Crippen MR) is 89.8 cm³/mol. The van der Waals surface area contributed by atoms with Gasteiger partial charge in [0.25, 0.3) is 0 Å². The second kappa shape index (κ2) is 7.46. The highest BCUT2D eigenvalue weighted by Gasteiger charge is 2.56. The van der Waals surface area contributed by atoms with Crippen LogP contribution in [0.25, 0.3) is 0 Å². The number of rotatable bonds is 3. The third-order valence-electron chi connectivity index (χ3n) is 5.49. The summed E-state index contributed by atoms with van der Waals surface area (Å²) in [5, 5.41) is 6.95. The molecular formula is C17H25F3N4O2. The predicted octanol–water partition coefficient (Wildman–Crippen LogP) is 3.51. The van der Waals surface area contributed by atoms with Crippen molar-refractivity contribution < 1.29 is 22.7 Å². The van der Waals surface area contributed by atoms with Crippen molar-refractivity contribution in [2.45, 2.75) is 45.3 Å². The smallest absolute Gasteiger partial charge is 0.381 e. The second-order valence-electron chi connectivity index (χ2n) is 7.15. The lowest BCUT2D eigenvalue weighted by atomic mass is 9.66. The Hall–Kier alpha value is -1.77. The molecule has 0 radical (unpaired) electrons. The number of piperidine rings is 1. The van der Waals surface area contributed by atoms with Crippen molar-refractivity contribution in [3.05, 3.63) is 12.3 Å². The molecule has 0 bridgehead atoms. The zero-order valence-electron chi connectivity index (χ0n) is 14.9. The maximum atomic E-state index is 13.6. The quantitative estimate of drug-likeness (QED) is 0.881. The van der Waals surface area contributed by atoms with Gasteiger partial charge in [-0.3, -0.25) is 5.32 Å². The Morgan fingerprint density at radius 1 is 1.42 bits per heavy atom. The highest BCUT2D eigenvalue weighted by atomic mass is 19.4. The van der Waals surface area contributed by atoms with E-state index in [1.807, 2.05) is 6.92 Å². The van der Waals surface area contributed by atoms with Crippen molar-refractivity contribution in [2.75, 3.05) is 31.6 Å². The van der Waals surface area contributed by atoms with E-state index in [0.29, 0.717) is 38.4 Å². The van der Waals surface area contributed by atoms with Crippen LogP contribution in [0.15, 0.2) is 12.3 Å². The summed E-state index contributed by atoms with van der Waals surface area (Å²) in [6, 6.07) is 1.33. The van der Waals surface area contributed by atoms with E-state index < -0.39 is 17.5 Å². The number of urea groups is 1. The second-order valence-corrected chi connectivity index (χ2v) is 7.15. The average Bonchev–Trinajstić information content (AvgIpc) is 3.01. The summed E-state index contributed by atoms with van der Waals surface area (Å²) in [6.07, 6.45) is -1.19. The molecule has 1 aromatic rings. The van der Waals surface area contributed by atoms with Gasteiger partial charge in [-0.05, 0) is 25.7 Å². The van der Waals surface area contributed by atoms with Gasteiger partial charge >= 0.3 is 12.2 Å². The van der Waals surface area contributed by atoms with Gasteiger partial charge in [-0.25, -0.2) is 9.48 Å². The first kappa shape index (κ1) is 19.0. The lowest BCUT2D eigenvalue weighted by molar-refractivity contribution is -0.232. The molecule has 1 atom stereocenters. The Labute approximate surface area is 150 Å². The van der Waals surface area contributed by atoms with Crippen molar-refractivity contribution in [1.82, 2.24) is 14.7 Å². The van der Waals surface area contributed by atoms with Crippen LogP contribution in [0.1, 0.15) is 32.6 Å². The Balaban J connectivity index is 1.73. The van der Waals surface area contributed by atoms with Gasteiger partial charge in [0.1, 0.15) is 5.82 Å². The topological polar surface area (TPSA) is 59.4 Å². The largest absolute Gasteiger partial charge is 0.392 e. The molecule has 26 heavy (non-hydrogen) atoms. The molecule has 1 spiro atoms. The first-order valence-electron chi connectivity index (χ1n) is 9.08. The Morgan fingerprint density at radius 2 is 2.15 bits per heavy atom. The zero-order chi connectivity index (χ0) is 18.8. The molecular weight excluding hydrogens is 349 g/mol. The lowest BCUT2D eigenvalue weighted by Gasteiger charge is -2.50. The van der Waals surface area contributed by atoms with Crippen LogP contribution in [-0.4, -0.2) is 53.2 Å². The molecule has 9 heteroatoms. The van der Waals surface area contributed by atoms with Crippen LogP contribution in [-0.2, 0) is 11.3 Å². The number of nitrogens with one attached hydrogen (secondary N) is 1. The fourth-order valence-electron chi connectivity index (χ4n) is 4.15. The van der Waals surface area contributed by atoms with Crippen LogP contribution >= 0.6 is 0 Å². The molecule has 6 nitrogen and oxygen atoms in total. The third kappa shape index (κ3) is 3.82. The van der Waals surface area contributed by atoms with Crippen LogP contribution < -0.4 is 5.32 Å². The molecule has 146 valence electrons. The van der Waals surface area contributed by atoms with E-state index in [2.05, 4.69) is 10.4 Å². The number of hydrogen-bond acceptors (Lipinski definition) is 3. The number of halogens is 3. The van der Waals surface area contributed by atoms with Crippen LogP contribution in [0.5, 0.6) is 0 Å². The number of ether oxygens (including phenoxy) is 1. The van der Waals surface area contributed by atoms with Gasteiger partial charge in [0.2, 0.25) is 0 Å².